The van der Waals surface area contributed by atoms with Gasteiger partial charge in [-0.05, 0) is 54.7 Å². The molecule has 2 amide bonds. The number of benzene rings is 2. The normalized spacial score (nSPS) is 14.9. The van der Waals surface area contributed by atoms with Crippen LogP contribution in [0.4, 0.5) is 5.69 Å². The van der Waals surface area contributed by atoms with Gasteiger partial charge in [0.2, 0.25) is 5.91 Å². The van der Waals surface area contributed by atoms with E-state index in [0.717, 1.165) is 24.8 Å². The molecule has 0 spiro atoms. The molecule has 8 heteroatoms. The molecule has 1 aliphatic rings. The Kier molecular flexibility index (Phi) is 6.77. The van der Waals surface area contributed by atoms with Gasteiger partial charge < -0.3 is 19.9 Å². The van der Waals surface area contributed by atoms with E-state index in [2.05, 4.69) is 27.8 Å². The summed E-state index contributed by atoms with van der Waals surface area (Å²) in [6.07, 6.45) is 4.62. The van der Waals surface area contributed by atoms with Crippen LogP contribution >= 0.6 is 0 Å². The van der Waals surface area contributed by atoms with Gasteiger partial charge in [0.25, 0.3) is 5.91 Å². The number of imidazole rings is 1. The first-order chi connectivity index (χ1) is 17.5. The summed E-state index contributed by atoms with van der Waals surface area (Å²) in [6, 6.07) is 17.3. The molecule has 2 aromatic heterocycles. The van der Waals surface area contributed by atoms with Crippen molar-refractivity contribution in [3.63, 3.8) is 0 Å². The number of ether oxygens (including phenoxy) is 1. The van der Waals surface area contributed by atoms with Gasteiger partial charge >= 0.3 is 0 Å². The number of hydrogen-bond donors (Lipinski definition) is 2. The number of methoxy groups -OCH3 is 1. The maximum atomic E-state index is 13.8. The Bertz CT molecular complexity index is 1410. The summed E-state index contributed by atoms with van der Waals surface area (Å²) in [7, 11) is 1.64. The van der Waals surface area contributed by atoms with Crippen LogP contribution in [0.25, 0.3) is 22.6 Å². The monoisotopic (exact) mass is 483 g/mol. The number of aromatic nitrogens is 3. The molecule has 184 valence electrons. The van der Waals surface area contributed by atoms with Crippen molar-refractivity contribution in [1.82, 2.24) is 19.9 Å². The fraction of sp³-hybridized carbons (Fsp3) is 0.286. The third-order valence-corrected chi connectivity index (χ3v) is 6.49. The van der Waals surface area contributed by atoms with Crippen molar-refractivity contribution in [2.24, 2.45) is 0 Å². The van der Waals surface area contributed by atoms with Crippen LogP contribution in [0.15, 0.2) is 60.8 Å². The lowest BCUT2D eigenvalue weighted by Crippen LogP contribution is -2.31. The van der Waals surface area contributed by atoms with E-state index in [-0.39, 0.29) is 17.9 Å². The van der Waals surface area contributed by atoms with Crippen molar-refractivity contribution < 1.29 is 14.3 Å². The topological polar surface area (TPSA) is 98.1 Å². The molecule has 36 heavy (non-hydrogen) atoms. The summed E-state index contributed by atoms with van der Waals surface area (Å²) < 4.78 is 7.34. The van der Waals surface area contributed by atoms with Gasteiger partial charge in [0.15, 0.2) is 5.82 Å². The summed E-state index contributed by atoms with van der Waals surface area (Å²) in [5.41, 5.74) is 5.38. The van der Waals surface area contributed by atoms with Crippen LogP contribution in [0.5, 0.6) is 0 Å². The number of anilines is 1. The second-order valence-corrected chi connectivity index (χ2v) is 8.98. The van der Waals surface area contributed by atoms with Gasteiger partial charge in [0.1, 0.15) is 5.69 Å². The molecule has 1 unspecified atom stereocenters. The van der Waals surface area contributed by atoms with Crippen molar-refractivity contribution >= 4 is 28.5 Å². The molecule has 2 heterocycles. The Morgan fingerprint density at radius 2 is 1.97 bits per heavy atom. The van der Waals surface area contributed by atoms with E-state index in [1.807, 2.05) is 34.9 Å². The molecule has 0 fully saturated rings. The Hall–Kier alpha value is -4.04. The Morgan fingerprint density at radius 3 is 2.75 bits per heavy atom. The van der Waals surface area contributed by atoms with Crippen LogP contribution in [0.2, 0.25) is 0 Å². The number of amides is 2. The summed E-state index contributed by atoms with van der Waals surface area (Å²) in [4.78, 5) is 35.0. The van der Waals surface area contributed by atoms with Crippen molar-refractivity contribution in [3.05, 3.63) is 77.5 Å². The highest BCUT2D eigenvalue weighted by molar-refractivity contribution is 6.08. The zero-order valence-corrected chi connectivity index (χ0v) is 20.5. The fourth-order valence-electron chi connectivity index (χ4n) is 4.95. The molecule has 0 bridgehead atoms. The number of aryl methyl sites for hydroxylation is 1. The minimum Gasteiger partial charge on any atom is -0.383 e. The maximum absolute atomic E-state index is 13.8. The fourth-order valence-corrected chi connectivity index (χ4v) is 4.95. The third-order valence-electron chi connectivity index (χ3n) is 6.49. The van der Waals surface area contributed by atoms with Crippen molar-refractivity contribution in [3.8, 4) is 11.5 Å². The predicted molar refractivity (Wildman–Crippen MR) is 139 cm³/mol. The first-order valence-electron chi connectivity index (χ1n) is 12.2. The Morgan fingerprint density at radius 1 is 1.14 bits per heavy atom. The van der Waals surface area contributed by atoms with Gasteiger partial charge in [-0.3, -0.25) is 14.6 Å². The minimum atomic E-state index is -0.217. The Balaban J connectivity index is 1.63. The highest BCUT2D eigenvalue weighted by Crippen LogP contribution is 2.32. The van der Waals surface area contributed by atoms with E-state index < -0.39 is 0 Å². The first-order valence-corrected chi connectivity index (χ1v) is 12.2. The highest BCUT2D eigenvalue weighted by Gasteiger charge is 2.26. The molecule has 5 rings (SSSR count). The van der Waals surface area contributed by atoms with Crippen molar-refractivity contribution in [2.75, 3.05) is 19.0 Å². The molecule has 1 atom stereocenters. The SMILES string of the molecule is COCCn1c(-c2ccccn2)nc2cc(NC(C)=O)cc(C(=O)NC3CCCc4ccccc43)c21. The number of carbonyl (C=O) groups is 2. The number of nitrogens with zero attached hydrogens (tertiary/aromatic N) is 3. The number of rotatable bonds is 7. The van der Waals surface area contributed by atoms with Crippen molar-refractivity contribution in [2.45, 2.75) is 38.8 Å². The lowest BCUT2D eigenvalue weighted by Gasteiger charge is -2.26. The van der Waals surface area contributed by atoms with Crippen LogP contribution in [0, 0.1) is 0 Å². The van der Waals surface area contributed by atoms with Crippen LogP contribution < -0.4 is 10.6 Å². The van der Waals surface area contributed by atoms with Crippen LogP contribution in [-0.2, 0) is 22.5 Å². The van der Waals surface area contributed by atoms with Crippen LogP contribution in [-0.4, -0.2) is 40.1 Å². The lowest BCUT2D eigenvalue weighted by molar-refractivity contribution is -0.114. The molecule has 0 saturated carbocycles. The molecule has 8 nitrogen and oxygen atoms in total. The number of pyridine rings is 1. The summed E-state index contributed by atoms with van der Waals surface area (Å²) in [6.45, 7) is 2.38. The van der Waals surface area contributed by atoms with Crippen molar-refractivity contribution in [1.29, 1.82) is 0 Å². The van der Waals surface area contributed by atoms with Crippen LogP contribution in [0.3, 0.4) is 0 Å². The lowest BCUT2D eigenvalue weighted by atomic mass is 9.87. The summed E-state index contributed by atoms with van der Waals surface area (Å²) in [5.74, 6) is 0.213. The van der Waals surface area contributed by atoms with E-state index in [1.54, 1.807) is 25.4 Å². The van der Waals surface area contributed by atoms with Gasteiger partial charge in [-0.1, -0.05) is 30.3 Å². The van der Waals surface area contributed by atoms with Gasteiger partial charge in [-0.25, -0.2) is 4.98 Å². The average molecular weight is 484 g/mol. The molecule has 0 saturated heterocycles. The van der Waals surface area contributed by atoms with E-state index in [0.29, 0.717) is 47.0 Å². The van der Waals surface area contributed by atoms with E-state index in [4.69, 9.17) is 9.72 Å². The van der Waals surface area contributed by atoms with Gasteiger partial charge in [-0.2, -0.15) is 0 Å². The quantitative estimate of drug-likeness (QED) is 0.403. The third kappa shape index (κ3) is 4.72. The second-order valence-electron chi connectivity index (χ2n) is 8.98. The standard InChI is InChI=1S/C28H29N5O3/c1-18(34)30-20-16-22(28(35)32-23-12-7-9-19-8-3-4-10-21(19)23)26-25(17-20)31-27(33(26)14-15-36-2)24-11-5-6-13-29-24/h3-6,8,10-11,13,16-17,23H,7,9,12,14-15H2,1-2H3,(H,30,34)(H,32,35). The van der Waals surface area contributed by atoms with Gasteiger partial charge in [-0.15, -0.1) is 0 Å². The highest BCUT2D eigenvalue weighted by atomic mass is 16.5. The van der Waals surface area contributed by atoms with Gasteiger partial charge in [0.05, 0.1) is 29.2 Å². The van der Waals surface area contributed by atoms with E-state index >= 15 is 0 Å². The molecule has 0 aliphatic heterocycles. The van der Waals surface area contributed by atoms with E-state index in [9.17, 15) is 9.59 Å². The van der Waals surface area contributed by atoms with E-state index in [1.165, 1.54) is 12.5 Å². The Labute approximate surface area is 209 Å². The number of carbonyl (C=O) groups excluding carboxylic acids is 2. The zero-order valence-electron chi connectivity index (χ0n) is 20.5. The second kappa shape index (κ2) is 10.3. The predicted octanol–water partition coefficient (Wildman–Crippen LogP) is 4.51. The molecular weight excluding hydrogens is 454 g/mol. The first kappa shape index (κ1) is 23.7. The molecule has 4 aromatic rings. The smallest absolute Gasteiger partial charge is 0.254 e. The number of fused-ring (bicyclic) bond motifs is 2. The minimum absolute atomic E-state index is 0.0764. The molecular formula is C28H29N5O3. The molecule has 2 N–H and O–H groups in total. The number of nitrogens with one attached hydrogen (secondary N) is 2. The summed E-state index contributed by atoms with van der Waals surface area (Å²) >= 11 is 0. The zero-order chi connectivity index (χ0) is 25.1. The summed E-state index contributed by atoms with van der Waals surface area (Å²) in [5, 5.41) is 6.07. The largest absolute Gasteiger partial charge is 0.383 e. The van der Waals surface area contributed by atoms with Gasteiger partial charge in [0, 0.05) is 32.5 Å². The number of hydrogen-bond acceptors (Lipinski definition) is 5. The molecule has 0 radical (unpaired) electrons. The maximum Gasteiger partial charge on any atom is 0.254 e. The average Bonchev–Trinajstić information content (AvgIpc) is 3.25. The molecule has 1 aliphatic carbocycles. The molecule has 2 aromatic carbocycles. The van der Waals surface area contributed by atoms with Crippen LogP contribution in [0.1, 0.15) is 47.3 Å².